The molecule has 2 nitrogen and oxygen atoms in total. The Bertz CT molecular complexity index is 370. The molecule has 0 aromatic rings. The lowest BCUT2D eigenvalue weighted by Crippen LogP contribution is -2.22. The van der Waals surface area contributed by atoms with E-state index in [0.717, 1.165) is 24.0 Å². The van der Waals surface area contributed by atoms with E-state index in [1.807, 2.05) is 13.0 Å². The van der Waals surface area contributed by atoms with Crippen molar-refractivity contribution < 1.29 is 4.79 Å². The lowest BCUT2D eigenvalue weighted by atomic mass is 9.80. The van der Waals surface area contributed by atoms with Crippen molar-refractivity contribution in [1.82, 2.24) is 0 Å². The van der Waals surface area contributed by atoms with Crippen LogP contribution in [-0.2, 0) is 4.79 Å². The maximum absolute atomic E-state index is 10.9. The van der Waals surface area contributed by atoms with E-state index in [2.05, 4.69) is 46.5 Å². The van der Waals surface area contributed by atoms with Gasteiger partial charge in [0.2, 0.25) is 0 Å². The van der Waals surface area contributed by atoms with Crippen molar-refractivity contribution in [3.05, 3.63) is 11.6 Å². The van der Waals surface area contributed by atoms with Gasteiger partial charge in [-0.05, 0) is 37.5 Å². The van der Waals surface area contributed by atoms with Crippen LogP contribution in [0.2, 0.25) is 0 Å². The van der Waals surface area contributed by atoms with Crippen molar-refractivity contribution in [3.8, 4) is 0 Å². The van der Waals surface area contributed by atoms with Crippen LogP contribution in [-0.4, -0.2) is 18.5 Å². The van der Waals surface area contributed by atoms with Crippen molar-refractivity contribution in [2.75, 3.05) is 0 Å². The average molecular weight is 322 g/mol. The van der Waals surface area contributed by atoms with Crippen LogP contribution in [0.1, 0.15) is 80.6 Å². The zero-order chi connectivity index (χ0) is 17.8. The van der Waals surface area contributed by atoms with E-state index in [-0.39, 0.29) is 6.04 Å². The molecule has 0 amide bonds. The van der Waals surface area contributed by atoms with Gasteiger partial charge in [-0.1, -0.05) is 72.8 Å². The number of hydrogen-bond acceptors (Lipinski definition) is 2. The van der Waals surface area contributed by atoms with Gasteiger partial charge in [0.1, 0.15) is 0 Å². The molecule has 0 N–H and O–H groups in total. The molecule has 0 heterocycles. The molecular formula is C21H39NO. The third kappa shape index (κ3) is 9.07. The maximum atomic E-state index is 10.9. The van der Waals surface area contributed by atoms with Crippen LogP contribution in [0.3, 0.4) is 0 Å². The van der Waals surface area contributed by atoms with E-state index < -0.39 is 0 Å². The fourth-order valence-electron chi connectivity index (χ4n) is 2.98. The Labute approximate surface area is 144 Å². The van der Waals surface area contributed by atoms with Crippen molar-refractivity contribution in [3.63, 3.8) is 0 Å². The summed E-state index contributed by atoms with van der Waals surface area (Å²) in [5.74, 6) is 2.89. The third-order valence-electron chi connectivity index (χ3n) is 5.46. The molecule has 23 heavy (non-hydrogen) atoms. The number of carbonyl (C=O) groups is 1. The van der Waals surface area contributed by atoms with E-state index >= 15 is 0 Å². The second-order valence-corrected chi connectivity index (χ2v) is 7.49. The summed E-state index contributed by atoms with van der Waals surface area (Å²) >= 11 is 0. The van der Waals surface area contributed by atoms with Gasteiger partial charge in [-0.25, -0.2) is 0 Å². The minimum absolute atomic E-state index is 0.268. The first-order valence-electron chi connectivity index (χ1n) is 9.51. The third-order valence-corrected chi connectivity index (χ3v) is 5.46. The molecule has 0 radical (unpaired) electrons. The molecule has 0 saturated heterocycles. The molecule has 0 aliphatic rings. The Balaban J connectivity index is 4.58. The van der Waals surface area contributed by atoms with Gasteiger partial charge in [-0.2, -0.15) is 0 Å². The Morgan fingerprint density at radius 1 is 1.04 bits per heavy atom. The summed E-state index contributed by atoms with van der Waals surface area (Å²) in [6, 6.07) is 0.268. The summed E-state index contributed by atoms with van der Waals surface area (Å²) in [7, 11) is 0. The number of carbonyl (C=O) groups excluding carboxylic acids is 1. The summed E-state index contributed by atoms with van der Waals surface area (Å²) in [5.41, 5.74) is 0.668. The fraction of sp³-hybridized carbons (Fsp3) is 0.810. The number of rotatable bonds is 12. The molecule has 134 valence electrons. The number of nitrogens with zero attached hydrogens (tertiary/aromatic N) is 1. The van der Waals surface area contributed by atoms with Gasteiger partial charge in [-0.15, -0.1) is 0 Å². The van der Waals surface area contributed by atoms with Crippen LogP contribution in [0.15, 0.2) is 16.6 Å². The van der Waals surface area contributed by atoms with Gasteiger partial charge in [0.25, 0.3) is 0 Å². The predicted molar refractivity (Wildman–Crippen MR) is 103 cm³/mol. The Kier molecular flexibility index (Phi) is 12.0. The van der Waals surface area contributed by atoms with E-state index in [4.69, 9.17) is 0 Å². The van der Waals surface area contributed by atoms with Crippen LogP contribution in [0.25, 0.3) is 0 Å². The Hall–Kier alpha value is -0.920. The standard InChI is InChI=1S/C21H39NO/c1-8-11-21(13-10-12-17(5)16(3)4)18(6)19(7)22-14-20(9-2)15-23/h9,14-19,21H,8,10-13H2,1-7H3/b20-9+,22-14?. The monoisotopic (exact) mass is 321 g/mol. The molecular weight excluding hydrogens is 282 g/mol. The molecule has 0 fully saturated rings. The van der Waals surface area contributed by atoms with Crippen LogP contribution >= 0.6 is 0 Å². The minimum atomic E-state index is 0.268. The highest BCUT2D eigenvalue weighted by molar-refractivity contribution is 6.01. The molecule has 4 atom stereocenters. The van der Waals surface area contributed by atoms with Crippen LogP contribution in [0, 0.1) is 23.7 Å². The predicted octanol–water partition coefficient (Wildman–Crippen LogP) is 6.11. The summed E-state index contributed by atoms with van der Waals surface area (Å²) < 4.78 is 0. The molecule has 0 spiro atoms. The van der Waals surface area contributed by atoms with E-state index in [1.54, 1.807) is 6.21 Å². The zero-order valence-electron chi connectivity index (χ0n) is 16.5. The summed E-state index contributed by atoms with van der Waals surface area (Å²) in [5, 5.41) is 0. The molecule has 0 aromatic heterocycles. The Morgan fingerprint density at radius 2 is 1.70 bits per heavy atom. The van der Waals surface area contributed by atoms with Gasteiger partial charge in [0.05, 0.1) is 0 Å². The SMILES string of the molecule is C/C=C(/C=O)C=NC(C)C(C)C(CCC)CCCC(C)C(C)C. The van der Waals surface area contributed by atoms with Crippen molar-refractivity contribution in [2.45, 2.75) is 86.6 Å². The van der Waals surface area contributed by atoms with Crippen LogP contribution in [0.4, 0.5) is 0 Å². The number of aldehydes is 1. The van der Waals surface area contributed by atoms with Crippen LogP contribution < -0.4 is 0 Å². The van der Waals surface area contributed by atoms with Gasteiger partial charge in [-0.3, -0.25) is 9.79 Å². The Morgan fingerprint density at radius 3 is 2.17 bits per heavy atom. The highest BCUT2D eigenvalue weighted by Gasteiger charge is 2.21. The first-order valence-corrected chi connectivity index (χ1v) is 9.51. The quantitative estimate of drug-likeness (QED) is 0.242. The number of allylic oxidation sites excluding steroid dienone is 2. The fourth-order valence-corrected chi connectivity index (χ4v) is 2.98. The van der Waals surface area contributed by atoms with Crippen molar-refractivity contribution >= 4 is 12.5 Å². The summed E-state index contributed by atoms with van der Waals surface area (Å²) in [6.07, 6.45) is 10.9. The van der Waals surface area contributed by atoms with E-state index in [1.165, 1.54) is 32.1 Å². The second-order valence-electron chi connectivity index (χ2n) is 7.49. The van der Waals surface area contributed by atoms with E-state index in [9.17, 15) is 4.79 Å². The molecule has 0 aromatic carbocycles. The smallest absolute Gasteiger partial charge is 0.151 e. The maximum Gasteiger partial charge on any atom is 0.151 e. The van der Waals surface area contributed by atoms with Gasteiger partial charge in [0.15, 0.2) is 6.29 Å². The lowest BCUT2D eigenvalue weighted by Gasteiger charge is -2.27. The summed E-state index contributed by atoms with van der Waals surface area (Å²) in [6.45, 7) is 15.7. The molecule has 0 saturated carbocycles. The van der Waals surface area contributed by atoms with Gasteiger partial charge < -0.3 is 0 Å². The summed E-state index contributed by atoms with van der Waals surface area (Å²) in [4.78, 5) is 15.5. The molecule has 0 rings (SSSR count). The highest BCUT2D eigenvalue weighted by Crippen LogP contribution is 2.29. The second kappa shape index (κ2) is 12.5. The lowest BCUT2D eigenvalue weighted by molar-refractivity contribution is -0.104. The van der Waals surface area contributed by atoms with Crippen LogP contribution in [0.5, 0.6) is 0 Å². The van der Waals surface area contributed by atoms with E-state index in [0.29, 0.717) is 11.5 Å². The first-order chi connectivity index (χ1) is 10.9. The molecule has 0 aliphatic carbocycles. The van der Waals surface area contributed by atoms with Gasteiger partial charge in [0, 0.05) is 17.8 Å². The minimum Gasteiger partial charge on any atom is -0.298 e. The molecule has 4 unspecified atom stereocenters. The molecule has 0 aliphatic heterocycles. The molecule has 0 bridgehead atoms. The first kappa shape index (κ1) is 22.1. The normalized spacial score (nSPS) is 18.2. The van der Waals surface area contributed by atoms with Gasteiger partial charge >= 0.3 is 0 Å². The largest absolute Gasteiger partial charge is 0.298 e. The number of aliphatic imine (C=N–C) groups is 1. The van der Waals surface area contributed by atoms with Crippen molar-refractivity contribution in [1.29, 1.82) is 0 Å². The zero-order valence-corrected chi connectivity index (χ0v) is 16.5. The number of hydrogen-bond donors (Lipinski definition) is 0. The average Bonchev–Trinajstić information content (AvgIpc) is 2.53. The highest BCUT2D eigenvalue weighted by atomic mass is 16.1. The van der Waals surface area contributed by atoms with Crippen molar-refractivity contribution in [2.24, 2.45) is 28.7 Å². The topological polar surface area (TPSA) is 29.4 Å². The molecule has 2 heteroatoms.